The van der Waals surface area contributed by atoms with Crippen LogP contribution in [0, 0.1) is 17.3 Å². The summed E-state index contributed by atoms with van der Waals surface area (Å²) in [6, 6.07) is 0.302. The molecule has 106 valence electrons. The Bertz CT molecular complexity index is 285. The molecule has 0 saturated heterocycles. The summed E-state index contributed by atoms with van der Waals surface area (Å²) in [5.41, 5.74) is 0.126. The van der Waals surface area contributed by atoms with Crippen LogP contribution in [0.5, 0.6) is 0 Å². The molecule has 2 rings (SSSR count). The summed E-state index contributed by atoms with van der Waals surface area (Å²) < 4.78 is 26.8. The maximum absolute atomic E-state index is 13.4. The molecule has 3 heteroatoms. The lowest BCUT2D eigenvalue weighted by molar-refractivity contribution is 0.0765. The highest BCUT2D eigenvalue weighted by Crippen LogP contribution is 2.53. The number of nitrogens with one attached hydrogen (secondary N) is 1. The molecule has 2 fully saturated rings. The summed E-state index contributed by atoms with van der Waals surface area (Å²) >= 11 is 0. The van der Waals surface area contributed by atoms with Crippen molar-refractivity contribution in [2.75, 3.05) is 0 Å². The van der Waals surface area contributed by atoms with Gasteiger partial charge in [0.2, 0.25) is 0 Å². The van der Waals surface area contributed by atoms with Gasteiger partial charge in [-0.2, -0.15) is 0 Å². The van der Waals surface area contributed by atoms with Gasteiger partial charge in [0.25, 0.3) is 5.92 Å². The van der Waals surface area contributed by atoms with Crippen molar-refractivity contribution in [1.29, 1.82) is 0 Å². The molecule has 0 amide bonds. The maximum atomic E-state index is 13.4. The first-order chi connectivity index (χ1) is 8.22. The van der Waals surface area contributed by atoms with Crippen LogP contribution in [0.4, 0.5) is 8.78 Å². The lowest BCUT2D eigenvalue weighted by Crippen LogP contribution is -2.48. The highest BCUT2D eigenvalue weighted by Gasteiger charge is 2.61. The zero-order valence-corrected chi connectivity index (χ0v) is 12.1. The monoisotopic (exact) mass is 259 g/mol. The Balaban J connectivity index is 2.01. The quantitative estimate of drug-likeness (QED) is 0.797. The van der Waals surface area contributed by atoms with Crippen LogP contribution in [0.3, 0.4) is 0 Å². The van der Waals surface area contributed by atoms with Gasteiger partial charge in [-0.3, -0.25) is 0 Å². The zero-order valence-electron chi connectivity index (χ0n) is 12.1. The average Bonchev–Trinajstić information content (AvgIpc) is 2.66. The smallest absolute Gasteiger partial charge is 0.253 e. The van der Waals surface area contributed by atoms with E-state index < -0.39 is 11.8 Å². The molecular weight excluding hydrogens is 232 g/mol. The van der Waals surface area contributed by atoms with Gasteiger partial charge in [0.05, 0.1) is 0 Å². The summed E-state index contributed by atoms with van der Waals surface area (Å²) in [6.45, 7) is 8.63. The predicted molar refractivity (Wildman–Crippen MR) is 70.9 cm³/mol. The molecule has 1 N–H and O–H groups in total. The van der Waals surface area contributed by atoms with E-state index >= 15 is 0 Å². The SMILES string of the molecule is CC(NC(C1CCCC1)C1CC1(F)F)C(C)(C)C. The summed E-state index contributed by atoms with van der Waals surface area (Å²) in [7, 11) is 0. The first-order valence-corrected chi connectivity index (χ1v) is 7.35. The van der Waals surface area contributed by atoms with Gasteiger partial charge in [0, 0.05) is 24.4 Å². The Morgan fingerprint density at radius 1 is 1.17 bits per heavy atom. The molecule has 18 heavy (non-hydrogen) atoms. The van der Waals surface area contributed by atoms with Crippen LogP contribution >= 0.6 is 0 Å². The normalized spacial score (nSPS) is 31.3. The number of hydrogen-bond acceptors (Lipinski definition) is 1. The van der Waals surface area contributed by atoms with Crippen molar-refractivity contribution in [3.05, 3.63) is 0 Å². The molecule has 3 unspecified atom stereocenters. The highest BCUT2D eigenvalue weighted by atomic mass is 19.3. The van der Waals surface area contributed by atoms with Crippen LogP contribution < -0.4 is 5.32 Å². The van der Waals surface area contributed by atoms with E-state index in [9.17, 15) is 8.78 Å². The van der Waals surface area contributed by atoms with Crippen LogP contribution in [0.2, 0.25) is 0 Å². The zero-order chi connectivity index (χ0) is 13.6. The third-order valence-corrected chi connectivity index (χ3v) is 4.96. The third-order valence-electron chi connectivity index (χ3n) is 4.96. The molecule has 0 heterocycles. The molecule has 1 nitrogen and oxygen atoms in total. The van der Waals surface area contributed by atoms with Crippen molar-refractivity contribution in [2.45, 2.75) is 77.8 Å². The maximum Gasteiger partial charge on any atom is 0.253 e. The van der Waals surface area contributed by atoms with Gasteiger partial charge < -0.3 is 5.32 Å². The molecule has 2 saturated carbocycles. The van der Waals surface area contributed by atoms with E-state index in [1.165, 1.54) is 12.8 Å². The standard InChI is InChI=1S/C15H27F2N/c1-10(14(2,3)4)18-13(11-7-5-6-8-11)12-9-15(12,16)17/h10-13,18H,5-9H2,1-4H3. The van der Waals surface area contributed by atoms with Crippen molar-refractivity contribution in [3.8, 4) is 0 Å². The lowest BCUT2D eigenvalue weighted by atomic mass is 9.85. The third kappa shape index (κ3) is 3.04. The first-order valence-electron chi connectivity index (χ1n) is 7.35. The van der Waals surface area contributed by atoms with Crippen LogP contribution in [0.25, 0.3) is 0 Å². The largest absolute Gasteiger partial charge is 0.310 e. The molecule has 0 aromatic heterocycles. The van der Waals surface area contributed by atoms with Gasteiger partial charge in [-0.05, 0) is 31.1 Å². The molecular formula is C15H27F2N. The Kier molecular flexibility index (Phi) is 3.74. The van der Waals surface area contributed by atoms with E-state index in [0.717, 1.165) is 12.8 Å². The minimum absolute atomic E-state index is 0.0247. The minimum Gasteiger partial charge on any atom is -0.310 e. The molecule has 2 aliphatic rings. The molecule has 3 atom stereocenters. The van der Waals surface area contributed by atoms with Gasteiger partial charge in [-0.25, -0.2) is 8.78 Å². The number of halogens is 2. The molecule has 2 aliphatic carbocycles. The second-order valence-corrected chi connectivity index (χ2v) is 7.40. The second-order valence-electron chi connectivity index (χ2n) is 7.40. The van der Waals surface area contributed by atoms with E-state index in [4.69, 9.17) is 0 Å². The predicted octanol–water partition coefficient (Wildman–Crippen LogP) is 4.22. The van der Waals surface area contributed by atoms with E-state index in [0.29, 0.717) is 5.92 Å². The van der Waals surface area contributed by atoms with Crippen molar-refractivity contribution in [3.63, 3.8) is 0 Å². The van der Waals surface area contributed by atoms with Crippen LogP contribution in [0.1, 0.15) is 59.8 Å². The Morgan fingerprint density at radius 2 is 1.67 bits per heavy atom. The molecule has 0 spiro atoms. The van der Waals surface area contributed by atoms with E-state index in [2.05, 4.69) is 33.0 Å². The summed E-state index contributed by atoms with van der Waals surface area (Å²) in [5.74, 6) is -2.35. The van der Waals surface area contributed by atoms with Crippen LogP contribution in [0.15, 0.2) is 0 Å². The van der Waals surface area contributed by atoms with Gasteiger partial charge in [0.15, 0.2) is 0 Å². The van der Waals surface area contributed by atoms with Gasteiger partial charge in [-0.1, -0.05) is 33.6 Å². The Labute approximate surface area is 110 Å². The molecule has 0 radical (unpaired) electrons. The number of hydrogen-bond donors (Lipinski definition) is 1. The number of rotatable bonds is 4. The molecule has 0 bridgehead atoms. The average molecular weight is 259 g/mol. The molecule has 0 aromatic carbocycles. The minimum atomic E-state index is -2.40. The van der Waals surface area contributed by atoms with E-state index in [-0.39, 0.29) is 23.9 Å². The van der Waals surface area contributed by atoms with Gasteiger partial charge >= 0.3 is 0 Å². The second kappa shape index (κ2) is 4.73. The topological polar surface area (TPSA) is 12.0 Å². The number of alkyl halides is 2. The van der Waals surface area contributed by atoms with Crippen molar-refractivity contribution >= 4 is 0 Å². The van der Waals surface area contributed by atoms with Crippen LogP contribution in [-0.2, 0) is 0 Å². The van der Waals surface area contributed by atoms with Crippen molar-refractivity contribution in [2.24, 2.45) is 17.3 Å². The van der Waals surface area contributed by atoms with E-state index in [1.54, 1.807) is 0 Å². The summed E-state index contributed by atoms with van der Waals surface area (Å²) in [4.78, 5) is 0. The van der Waals surface area contributed by atoms with Gasteiger partial charge in [-0.15, -0.1) is 0 Å². The Hall–Kier alpha value is -0.180. The molecule has 0 aliphatic heterocycles. The van der Waals surface area contributed by atoms with E-state index in [1.807, 2.05) is 0 Å². The van der Waals surface area contributed by atoms with Gasteiger partial charge in [0.1, 0.15) is 0 Å². The Morgan fingerprint density at radius 3 is 2.06 bits per heavy atom. The highest BCUT2D eigenvalue weighted by molar-refractivity contribution is 5.05. The summed E-state index contributed by atoms with van der Waals surface area (Å²) in [5, 5.41) is 3.54. The van der Waals surface area contributed by atoms with Crippen molar-refractivity contribution < 1.29 is 8.78 Å². The molecule has 0 aromatic rings. The summed E-state index contributed by atoms with van der Waals surface area (Å²) in [6.07, 6.45) is 4.77. The lowest BCUT2D eigenvalue weighted by Gasteiger charge is -2.35. The first kappa shape index (κ1) is 14.2. The van der Waals surface area contributed by atoms with Crippen molar-refractivity contribution in [1.82, 2.24) is 5.32 Å². The fraction of sp³-hybridized carbons (Fsp3) is 1.00. The fourth-order valence-electron chi connectivity index (χ4n) is 3.06. The van der Waals surface area contributed by atoms with Crippen LogP contribution in [-0.4, -0.2) is 18.0 Å². The fourth-order valence-corrected chi connectivity index (χ4v) is 3.06.